The molecule has 1 aliphatic heterocycles. The number of allylic oxidation sites excluding steroid dienone is 5. The second-order valence-corrected chi connectivity index (χ2v) is 11.4. The van der Waals surface area contributed by atoms with E-state index in [0.29, 0.717) is 11.8 Å². The van der Waals surface area contributed by atoms with Gasteiger partial charge in [-0.15, -0.1) is 19.7 Å². The molecule has 0 amide bonds. The standard InChI is InChI=1S/C20H30N4O2S2.C6H12O.C3H6.C2H4/c1-17-8-5-3-4-6-9-20(24-27-17)23-15-7-14-22-16-18-10-12-19(13-11-18)28(25,26)21-2;1-4-5-6(2)7-3;1-3-2;1-2/h4-6,8,10-13,17,21-22H,3,7,9,14-16H2,1-2H3,(H,23,24);5H,4H2,1-3H3;3H,1H2,2H3;1-2H2/b6-4-,8-5-;6-5+;;. The molecule has 0 saturated carbocycles. The van der Waals surface area contributed by atoms with E-state index in [4.69, 9.17) is 4.74 Å². The van der Waals surface area contributed by atoms with Crippen molar-refractivity contribution in [2.45, 2.75) is 70.1 Å². The number of methoxy groups -OCH3 is 1. The van der Waals surface area contributed by atoms with Crippen molar-refractivity contribution in [2.24, 2.45) is 4.99 Å². The lowest BCUT2D eigenvalue weighted by molar-refractivity contribution is 0.292. The Morgan fingerprint density at radius 1 is 1.23 bits per heavy atom. The molecule has 0 bridgehead atoms. The van der Waals surface area contributed by atoms with Crippen LogP contribution in [0, 0.1) is 0 Å². The number of hydrogen-bond acceptors (Lipinski definition) is 6. The maximum Gasteiger partial charge on any atom is 0.240 e. The Labute approximate surface area is 249 Å². The molecular weight excluding hydrogens is 541 g/mol. The SMILES string of the molecule is C=C.C=CC.CC/C=C(\C)OC.CNS(=O)(=O)c1ccc(CNCCCN=C2C/C=C\C/C=C\C(C)SN2)cc1. The van der Waals surface area contributed by atoms with Crippen molar-refractivity contribution in [3.63, 3.8) is 0 Å². The fourth-order valence-electron chi connectivity index (χ4n) is 2.90. The highest BCUT2D eigenvalue weighted by Crippen LogP contribution is 2.11. The predicted octanol–water partition coefficient (Wildman–Crippen LogP) is 6.95. The summed E-state index contributed by atoms with van der Waals surface area (Å²) in [6.45, 7) is 19.8. The van der Waals surface area contributed by atoms with Crippen molar-refractivity contribution in [1.29, 1.82) is 0 Å². The third-order valence-electron chi connectivity index (χ3n) is 4.98. The van der Waals surface area contributed by atoms with Gasteiger partial charge in [-0.2, -0.15) is 0 Å². The van der Waals surface area contributed by atoms with E-state index in [9.17, 15) is 8.42 Å². The zero-order valence-electron chi connectivity index (χ0n) is 25.4. The van der Waals surface area contributed by atoms with Gasteiger partial charge in [0.25, 0.3) is 0 Å². The number of aliphatic imine (C=N–C) groups is 1. The van der Waals surface area contributed by atoms with E-state index in [2.05, 4.69) is 77.6 Å². The molecular formula is C31H52N4O3S2. The van der Waals surface area contributed by atoms with Gasteiger partial charge in [0, 0.05) is 24.8 Å². The minimum absolute atomic E-state index is 0.282. The van der Waals surface area contributed by atoms with E-state index in [1.807, 2.05) is 32.1 Å². The molecule has 1 unspecified atom stereocenters. The molecule has 1 heterocycles. The van der Waals surface area contributed by atoms with Gasteiger partial charge >= 0.3 is 0 Å². The summed E-state index contributed by atoms with van der Waals surface area (Å²) in [5.41, 5.74) is 1.05. The van der Waals surface area contributed by atoms with Crippen molar-refractivity contribution >= 4 is 27.8 Å². The molecule has 7 nitrogen and oxygen atoms in total. The number of sulfonamides is 1. The number of benzene rings is 1. The average molecular weight is 593 g/mol. The Kier molecular flexibility index (Phi) is 26.3. The van der Waals surface area contributed by atoms with Crippen molar-refractivity contribution in [2.75, 3.05) is 27.2 Å². The Hall–Kier alpha value is -2.59. The Bertz CT molecular complexity index is 1000. The predicted molar refractivity (Wildman–Crippen MR) is 177 cm³/mol. The molecule has 0 fully saturated rings. The van der Waals surface area contributed by atoms with Gasteiger partial charge in [-0.3, -0.25) is 4.99 Å². The second-order valence-electron chi connectivity index (χ2n) is 8.31. The van der Waals surface area contributed by atoms with Gasteiger partial charge in [0.15, 0.2) is 0 Å². The van der Waals surface area contributed by atoms with Crippen LogP contribution in [0.1, 0.15) is 58.9 Å². The van der Waals surface area contributed by atoms with Crippen molar-refractivity contribution in [3.8, 4) is 0 Å². The second kappa shape index (κ2) is 26.6. The minimum atomic E-state index is -3.37. The molecule has 1 aliphatic rings. The first-order valence-corrected chi connectivity index (χ1v) is 15.9. The molecule has 1 atom stereocenters. The molecule has 0 spiro atoms. The van der Waals surface area contributed by atoms with Crippen LogP contribution in [0.25, 0.3) is 0 Å². The molecule has 1 aromatic rings. The number of ether oxygens (including phenoxy) is 1. The van der Waals surface area contributed by atoms with Crippen molar-refractivity contribution in [1.82, 2.24) is 14.8 Å². The zero-order valence-corrected chi connectivity index (χ0v) is 27.0. The van der Waals surface area contributed by atoms with Crippen molar-refractivity contribution < 1.29 is 13.2 Å². The number of hydrogen-bond donors (Lipinski definition) is 3. The summed E-state index contributed by atoms with van der Waals surface area (Å²) in [6.07, 6.45) is 16.3. The van der Waals surface area contributed by atoms with Gasteiger partial charge in [0.2, 0.25) is 10.0 Å². The van der Waals surface area contributed by atoms with Crippen LogP contribution in [0.3, 0.4) is 0 Å². The third-order valence-corrected chi connectivity index (χ3v) is 7.29. The molecule has 2 rings (SSSR count). The zero-order chi connectivity index (χ0) is 30.7. The Morgan fingerprint density at radius 3 is 2.42 bits per heavy atom. The lowest BCUT2D eigenvalue weighted by Gasteiger charge is -2.12. The smallest absolute Gasteiger partial charge is 0.240 e. The van der Waals surface area contributed by atoms with Crippen molar-refractivity contribution in [3.05, 3.63) is 91.8 Å². The summed E-state index contributed by atoms with van der Waals surface area (Å²) < 4.78 is 34.0. The van der Waals surface area contributed by atoms with Gasteiger partial charge in [-0.25, -0.2) is 13.1 Å². The highest BCUT2D eigenvalue weighted by molar-refractivity contribution is 7.98. The topological polar surface area (TPSA) is 91.8 Å². The van der Waals surface area contributed by atoms with Crippen LogP contribution in [0.4, 0.5) is 0 Å². The van der Waals surface area contributed by atoms with Crippen LogP contribution in [-0.2, 0) is 21.3 Å². The van der Waals surface area contributed by atoms with Crippen LogP contribution >= 0.6 is 11.9 Å². The maximum atomic E-state index is 11.7. The number of rotatable bonds is 10. The number of nitrogens with one attached hydrogen (secondary N) is 3. The monoisotopic (exact) mass is 592 g/mol. The molecule has 226 valence electrons. The fourth-order valence-corrected chi connectivity index (χ4v) is 4.29. The molecule has 9 heteroatoms. The molecule has 40 heavy (non-hydrogen) atoms. The summed E-state index contributed by atoms with van der Waals surface area (Å²) in [4.78, 5) is 4.96. The first-order chi connectivity index (χ1) is 19.2. The van der Waals surface area contributed by atoms with E-state index in [1.54, 1.807) is 37.3 Å². The molecule has 0 aliphatic carbocycles. The van der Waals surface area contributed by atoms with Gasteiger partial charge < -0.3 is 14.8 Å². The Morgan fingerprint density at radius 2 is 1.88 bits per heavy atom. The average Bonchev–Trinajstić information content (AvgIpc) is 2.97. The molecule has 0 radical (unpaired) electrons. The van der Waals surface area contributed by atoms with E-state index in [-0.39, 0.29) is 4.90 Å². The summed E-state index contributed by atoms with van der Waals surface area (Å²) in [6, 6.07) is 6.92. The van der Waals surface area contributed by atoms with E-state index in [0.717, 1.165) is 55.9 Å². The quantitative estimate of drug-likeness (QED) is 0.118. The lowest BCUT2D eigenvalue weighted by Crippen LogP contribution is -2.20. The van der Waals surface area contributed by atoms with Crippen LogP contribution in [-0.4, -0.2) is 46.8 Å². The first kappa shape index (κ1) is 39.6. The van der Waals surface area contributed by atoms with Crippen LogP contribution < -0.4 is 14.8 Å². The summed E-state index contributed by atoms with van der Waals surface area (Å²) in [5, 5.41) is 3.80. The van der Waals surface area contributed by atoms with Gasteiger partial charge in [-0.1, -0.05) is 49.4 Å². The minimum Gasteiger partial charge on any atom is -0.502 e. The summed E-state index contributed by atoms with van der Waals surface area (Å²) in [7, 11) is -0.278. The number of amidine groups is 1. The molecule has 0 aromatic heterocycles. The maximum absolute atomic E-state index is 11.7. The summed E-state index contributed by atoms with van der Waals surface area (Å²) in [5.74, 6) is 2.02. The molecule has 0 saturated heterocycles. The molecule has 3 N–H and O–H groups in total. The fraction of sp³-hybridized carbons (Fsp3) is 0.452. The van der Waals surface area contributed by atoms with Gasteiger partial charge in [-0.05, 0) is 89.3 Å². The first-order valence-electron chi connectivity index (χ1n) is 13.5. The van der Waals surface area contributed by atoms with Crippen LogP contribution in [0.5, 0.6) is 0 Å². The van der Waals surface area contributed by atoms with E-state index >= 15 is 0 Å². The van der Waals surface area contributed by atoms with Gasteiger partial charge in [0.1, 0.15) is 5.84 Å². The van der Waals surface area contributed by atoms with E-state index < -0.39 is 10.0 Å². The van der Waals surface area contributed by atoms with Crippen LogP contribution in [0.2, 0.25) is 0 Å². The lowest BCUT2D eigenvalue weighted by atomic mass is 10.2. The Balaban J connectivity index is 0. The summed E-state index contributed by atoms with van der Waals surface area (Å²) >= 11 is 1.69. The largest absolute Gasteiger partial charge is 0.502 e. The van der Waals surface area contributed by atoms with Gasteiger partial charge in [0.05, 0.1) is 17.8 Å². The molecule has 1 aromatic carbocycles. The van der Waals surface area contributed by atoms with E-state index in [1.165, 1.54) is 7.05 Å². The third kappa shape index (κ3) is 21.3. The normalized spacial score (nSPS) is 17.7. The van der Waals surface area contributed by atoms with Crippen LogP contribution in [0.15, 0.2) is 96.1 Å². The highest BCUT2D eigenvalue weighted by atomic mass is 32.2. The number of nitrogens with zero attached hydrogens (tertiary/aromatic N) is 1. The highest BCUT2D eigenvalue weighted by Gasteiger charge is 2.10.